The van der Waals surface area contributed by atoms with Crippen molar-refractivity contribution in [3.8, 4) is 0 Å². The van der Waals surface area contributed by atoms with Gasteiger partial charge in [0.15, 0.2) is 0 Å². The van der Waals surface area contributed by atoms with Gasteiger partial charge >= 0.3 is 11.9 Å². The fourth-order valence-electron chi connectivity index (χ4n) is 3.10. The van der Waals surface area contributed by atoms with Crippen LogP contribution in [-0.2, 0) is 9.59 Å². The highest BCUT2D eigenvalue weighted by molar-refractivity contribution is 9.10. The normalized spacial score (nSPS) is 43.9. The monoisotopic (exact) mass is 276 g/mol. The quantitative estimate of drug-likeness (QED) is 0.754. The Kier molecular flexibility index (Phi) is 2.53. The van der Waals surface area contributed by atoms with Crippen LogP contribution >= 0.6 is 15.9 Å². The van der Waals surface area contributed by atoms with Crippen LogP contribution in [-0.4, -0.2) is 26.5 Å². The summed E-state index contributed by atoms with van der Waals surface area (Å²) in [6.45, 7) is 0. The van der Waals surface area contributed by atoms with Gasteiger partial charge in [0.1, 0.15) is 0 Å². The Labute approximate surface area is 95.8 Å². The van der Waals surface area contributed by atoms with E-state index in [0.29, 0.717) is 0 Å². The van der Waals surface area contributed by atoms with Gasteiger partial charge in [0.05, 0.1) is 11.8 Å². The molecule has 15 heavy (non-hydrogen) atoms. The van der Waals surface area contributed by atoms with Gasteiger partial charge in [-0.3, -0.25) is 9.59 Å². The molecule has 5 heteroatoms. The van der Waals surface area contributed by atoms with Gasteiger partial charge in [-0.05, 0) is 31.6 Å². The van der Waals surface area contributed by atoms with E-state index < -0.39 is 28.1 Å². The molecule has 0 amide bonds. The zero-order valence-corrected chi connectivity index (χ0v) is 9.74. The summed E-state index contributed by atoms with van der Waals surface area (Å²) in [6, 6.07) is 0. The molecule has 2 atom stereocenters. The van der Waals surface area contributed by atoms with Crippen molar-refractivity contribution in [2.75, 3.05) is 0 Å². The van der Waals surface area contributed by atoms with Crippen LogP contribution in [0.4, 0.5) is 0 Å². The topological polar surface area (TPSA) is 74.6 Å². The predicted molar refractivity (Wildman–Crippen MR) is 55.9 cm³/mol. The van der Waals surface area contributed by atoms with Crippen molar-refractivity contribution in [2.45, 2.75) is 30.0 Å². The van der Waals surface area contributed by atoms with Crippen molar-refractivity contribution in [3.05, 3.63) is 0 Å². The molecule has 3 aliphatic carbocycles. The number of halogens is 1. The van der Waals surface area contributed by atoms with Crippen molar-refractivity contribution in [3.63, 3.8) is 0 Å². The molecule has 0 aromatic heterocycles. The fourth-order valence-corrected chi connectivity index (χ4v) is 4.04. The van der Waals surface area contributed by atoms with Gasteiger partial charge in [-0.2, -0.15) is 0 Å². The molecule has 4 nitrogen and oxygen atoms in total. The van der Waals surface area contributed by atoms with Gasteiger partial charge < -0.3 is 10.2 Å². The molecule has 0 aromatic carbocycles. The first kappa shape index (κ1) is 10.9. The SMILES string of the molecule is O=C(O)[C@@H]1[C@@H](C(=O)O)C2CCC1(Br)CC2. The lowest BCUT2D eigenvalue weighted by atomic mass is 9.58. The second kappa shape index (κ2) is 3.47. The van der Waals surface area contributed by atoms with Crippen molar-refractivity contribution in [2.24, 2.45) is 17.8 Å². The Bertz CT molecular complexity index is 307. The molecule has 0 heterocycles. The van der Waals surface area contributed by atoms with Crippen LogP contribution in [0.5, 0.6) is 0 Å². The molecule has 0 unspecified atom stereocenters. The molecule has 0 aliphatic heterocycles. The van der Waals surface area contributed by atoms with Crippen LogP contribution in [0.15, 0.2) is 0 Å². The molecule has 3 aliphatic rings. The first-order valence-electron chi connectivity index (χ1n) is 5.10. The summed E-state index contributed by atoms with van der Waals surface area (Å²) in [5.74, 6) is -3.39. The summed E-state index contributed by atoms with van der Waals surface area (Å²) in [5.41, 5.74) is 0. The third-order valence-corrected chi connectivity index (χ3v) is 5.12. The van der Waals surface area contributed by atoms with Gasteiger partial charge in [0, 0.05) is 4.32 Å². The molecule has 3 saturated carbocycles. The largest absolute Gasteiger partial charge is 0.481 e. The Balaban J connectivity index is 2.37. The zero-order chi connectivity index (χ0) is 11.2. The fraction of sp³-hybridized carbons (Fsp3) is 0.800. The molecule has 3 fully saturated rings. The number of carboxylic acids is 2. The lowest BCUT2D eigenvalue weighted by Crippen LogP contribution is -2.55. The number of carbonyl (C=O) groups is 2. The van der Waals surface area contributed by atoms with E-state index in [9.17, 15) is 9.59 Å². The van der Waals surface area contributed by atoms with E-state index >= 15 is 0 Å². The van der Waals surface area contributed by atoms with E-state index in [0.717, 1.165) is 25.7 Å². The van der Waals surface area contributed by atoms with Crippen molar-refractivity contribution in [1.82, 2.24) is 0 Å². The first-order chi connectivity index (χ1) is 6.96. The molecule has 0 saturated heterocycles. The highest BCUT2D eigenvalue weighted by Crippen LogP contribution is 2.55. The zero-order valence-electron chi connectivity index (χ0n) is 8.15. The molecular weight excluding hydrogens is 264 g/mol. The van der Waals surface area contributed by atoms with Crippen LogP contribution in [0.25, 0.3) is 0 Å². The van der Waals surface area contributed by atoms with E-state index in [1.807, 2.05) is 0 Å². The van der Waals surface area contributed by atoms with Crippen LogP contribution in [0.1, 0.15) is 25.7 Å². The van der Waals surface area contributed by atoms with Crippen molar-refractivity contribution >= 4 is 27.9 Å². The number of hydrogen-bond donors (Lipinski definition) is 2. The summed E-state index contributed by atoms with van der Waals surface area (Å²) < 4.78 is -0.489. The van der Waals surface area contributed by atoms with Gasteiger partial charge in [-0.15, -0.1) is 0 Å². The lowest BCUT2D eigenvalue weighted by molar-refractivity contribution is -0.163. The average molecular weight is 277 g/mol. The van der Waals surface area contributed by atoms with E-state index in [-0.39, 0.29) is 5.92 Å². The Morgan fingerprint density at radius 3 is 2.00 bits per heavy atom. The van der Waals surface area contributed by atoms with Crippen molar-refractivity contribution in [1.29, 1.82) is 0 Å². The molecule has 84 valence electrons. The standard InChI is InChI=1S/C10H13BrO4/c11-10-3-1-5(2-4-10)6(8(12)13)7(10)9(14)15/h5-7H,1-4H2,(H,12,13)(H,14,15)/t5?,6-,7-,10?/m0/s1. The number of rotatable bonds is 2. The number of carboxylic acid groups (broad SMARTS) is 2. The second-order valence-corrected chi connectivity index (χ2v) is 6.13. The molecule has 0 aromatic rings. The number of aliphatic carboxylic acids is 2. The summed E-state index contributed by atoms with van der Waals surface area (Å²) in [4.78, 5) is 22.3. The maximum atomic E-state index is 11.2. The van der Waals surface area contributed by atoms with E-state index in [2.05, 4.69) is 15.9 Å². The molecular formula is C10H13BrO4. The highest BCUT2D eigenvalue weighted by Gasteiger charge is 2.57. The molecule has 2 bridgehead atoms. The molecule has 2 N–H and O–H groups in total. The smallest absolute Gasteiger partial charge is 0.308 e. The first-order valence-corrected chi connectivity index (χ1v) is 5.89. The Morgan fingerprint density at radius 1 is 1.13 bits per heavy atom. The van der Waals surface area contributed by atoms with E-state index in [4.69, 9.17) is 10.2 Å². The molecule has 0 radical (unpaired) electrons. The maximum absolute atomic E-state index is 11.2. The minimum absolute atomic E-state index is 0.0445. The Morgan fingerprint density at radius 2 is 1.67 bits per heavy atom. The second-order valence-electron chi connectivity index (χ2n) is 4.55. The van der Waals surface area contributed by atoms with Crippen LogP contribution in [0.2, 0.25) is 0 Å². The lowest BCUT2D eigenvalue weighted by Gasteiger charge is -2.50. The third-order valence-electron chi connectivity index (χ3n) is 3.84. The van der Waals surface area contributed by atoms with Gasteiger partial charge in [0.2, 0.25) is 0 Å². The number of fused-ring (bicyclic) bond motifs is 3. The maximum Gasteiger partial charge on any atom is 0.308 e. The van der Waals surface area contributed by atoms with Gasteiger partial charge in [-0.1, -0.05) is 15.9 Å². The highest BCUT2D eigenvalue weighted by atomic mass is 79.9. The van der Waals surface area contributed by atoms with Crippen LogP contribution in [0, 0.1) is 17.8 Å². The summed E-state index contributed by atoms with van der Waals surface area (Å²) in [5, 5.41) is 18.3. The van der Waals surface area contributed by atoms with Crippen molar-refractivity contribution < 1.29 is 19.8 Å². The van der Waals surface area contributed by atoms with E-state index in [1.54, 1.807) is 0 Å². The summed E-state index contributed by atoms with van der Waals surface area (Å²) in [6.07, 6.45) is 3.20. The van der Waals surface area contributed by atoms with Crippen LogP contribution in [0.3, 0.4) is 0 Å². The molecule has 3 rings (SSSR count). The van der Waals surface area contributed by atoms with E-state index in [1.165, 1.54) is 0 Å². The minimum atomic E-state index is -0.983. The predicted octanol–water partition coefficient (Wildman–Crippen LogP) is 1.73. The molecule has 0 spiro atoms. The van der Waals surface area contributed by atoms with Gasteiger partial charge in [0.25, 0.3) is 0 Å². The number of alkyl halides is 1. The third kappa shape index (κ3) is 1.57. The number of hydrogen-bond acceptors (Lipinski definition) is 2. The average Bonchev–Trinajstić information content (AvgIpc) is 2.16. The van der Waals surface area contributed by atoms with Gasteiger partial charge in [-0.25, -0.2) is 0 Å². The summed E-state index contributed by atoms with van der Waals surface area (Å²) >= 11 is 3.46. The van der Waals surface area contributed by atoms with Crippen LogP contribution < -0.4 is 0 Å². The summed E-state index contributed by atoms with van der Waals surface area (Å²) in [7, 11) is 0. The minimum Gasteiger partial charge on any atom is -0.481 e. The Hall–Kier alpha value is -0.580.